The second-order valence-electron chi connectivity index (χ2n) is 7.97. The maximum atomic E-state index is 14.6. The number of halogens is 2. The molecule has 4 N–H and O–H groups in total. The average Bonchev–Trinajstić information content (AvgIpc) is 2.87. The largest absolute Gasteiger partial charge is 0.394 e. The van der Waals surface area contributed by atoms with Gasteiger partial charge in [-0.05, 0) is 31.2 Å². The summed E-state index contributed by atoms with van der Waals surface area (Å²) in [7, 11) is 0. The quantitative estimate of drug-likeness (QED) is 0.387. The molecule has 10 nitrogen and oxygen atoms in total. The van der Waals surface area contributed by atoms with Gasteiger partial charge in [0.2, 0.25) is 0 Å². The molecule has 1 aliphatic rings. The van der Waals surface area contributed by atoms with Crippen LogP contribution >= 0.6 is 11.6 Å². The van der Waals surface area contributed by atoms with E-state index in [1.54, 1.807) is 6.92 Å². The third-order valence-corrected chi connectivity index (χ3v) is 5.66. The van der Waals surface area contributed by atoms with Gasteiger partial charge >= 0.3 is 0 Å². The molecule has 0 spiro atoms. The zero-order valence-electron chi connectivity index (χ0n) is 18.8. The molecule has 0 radical (unpaired) electrons. The molecule has 1 amide bonds. The molecule has 1 unspecified atom stereocenters. The van der Waals surface area contributed by atoms with Crippen LogP contribution in [0.5, 0.6) is 0 Å². The molecule has 1 aliphatic heterocycles. The van der Waals surface area contributed by atoms with Gasteiger partial charge in [0.05, 0.1) is 31.1 Å². The highest BCUT2D eigenvalue weighted by molar-refractivity contribution is 6.30. The molecule has 1 fully saturated rings. The van der Waals surface area contributed by atoms with Crippen LogP contribution in [-0.2, 0) is 4.74 Å². The van der Waals surface area contributed by atoms with Crippen molar-refractivity contribution in [3.63, 3.8) is 0 Å². The minimum Gasteiger partial charge on any atom is -0.394 e. The molecule has 35 heavy (non-hydrogen) atoms. The number of hydrogen-bond donors (Lipinski definition) is 4. The first kappa shape index (κ1) is 24.6. The van der Waals surface area contributed by atoms with Gasteiger partial charge in [-0.2, -0.15) is 0 Å². The topological polar surface area (TPSA) is 132 Å². The number of nitrogens with one attached hydrogen (secondary N) is 3. The summed E-state index contributed by atoms with van der Waals surface area (Å²) in [5.41, 5.74) is 0.105. The highest BCUT2D eigenvalue weighted by atomic mass is 35.5. The lowest BCUT2D eigenvalue weighted by atomic mass is 10.1. The Balaban J connectivity index is 1.81. The van der Waals surface area contributed by atoms with E-state index in [1.165, 1.54) is 36.8 Å². The fraction of sp³-hybridized carbons (Fsp3) is 0.304. The number of ether oxygens (including phenoxy) is 1. The number of aliphatic hydroxyl groups is 1. The van der Waals surface area contributed by atoms with E-state index in [-0.39, 0.29) is 34.1 Å². The zero-order valence-corrected chi connectivity index (χ0v) is 19.6. The molecular weight excluding hydrogens is 479 g/mol. The van der Waals surface area contributed by atoms with Gasteiger partial charge in [0.25, 0.3) is 11.5 Å². The summed E-state index contributed by atoms with van der Waals surface area (Å²) in [6.07, 6.45) is 2.61. The minimum absolute atomic E-state index is 0.0350. The first-order valence-electron chi connectivity index (χ1n) is 10.9. The van der Waals surface area contributed by atoms with Crippen molar-refractivity contribution in [3.05, 3.63) is 63.5 Å². The van der Waals surface area contributed by atoms with Crippen LogP contribution in [0.3, 0.4) is 0 Å². The van der Waals surface area contributed by atoms with Gasteiger partial charge in [0.1, 0.15) is 29.3 Å². The van der Waals surface area contributed by atoms with Crippen LogP contribution in [0.25, 0.3) is 11.1 Å². The van der Waals surface area contributed by atoms with Crippen LogP contribution in [0, 0.1) is 5.82 Å². The number of aliphatic hydroxyl groups excluding tert-OH is 1. The van der Waals surface area contributed by atoms with Crippen LogP contribution in [0.15, 0.2) is 41.6 Å². The first-order valence-corrected chi connectivity index (χ1v) is 11.3. The van der Waals surface area contributed by atoms with E-state index in [0.29, 0.717) is 37.8 Å². The van der Waals surface area contributed by atoms with E-state index in [4.69, 9.17) is 16.3 Å². The Labute approximate surface area is 205 Å². The van der Waals surface area contributed by atoms with Crippen molar-refractivity contribution >= 4 is 34.8 Å². The number of pyridine rings is 1. The second kappa shape index (κ2) is 10.8. The van der Waals surface area contributed by atoms with Crippen LogP contribution in [0.1, 0.15) is 17.3 Å². The fourth-order valence-corrected chi connectivity index (χ4v) is 3.80. The average molecular weight is 503 g/mol. The number of nitrogens with zero attached hydrogens (tertiary/aromatic N) is 3. The first-order chi connectivity index (χ1) is 16.9. The van der Waals surface area contributed by atoms with Crippen molar-refractivity contribution in [3.8, 4) is 11.1 Å². The number of amides is 1. The second-order valence-corrected chi connectivity index (χ2v) is 8.40. The van der Waals surface area contributed by atoms with Crippen molar-refractivity contribution in [2.75, 3.05) is 43.1 Å². The van der Waals surface area contributed by atoms with Crippen LogP contribution in [0.2, 0.25) is 5.02 Å². The highest BCUT2D eigenvalue weighted by Crippen LogP contribution is 2.32. The number of anilines is 3. The normalized spacial score (nSPS) is 14.5. The van der Waals surface area contributed by atoms with E-state index in [2.05, 4.69) is 25.6 Å². The van der Waals surface area contributed by atoms with Crippen LogP contribution in [0.4, 0.5) is 21.7 Å². The number of carbonyl (C=O) groups is 1. The highest BCUT2D eigenvalue weighted by Gasteiger charge is 2.22. The van der Waals surface area contributed by atoms with Crippen molar-refractivity contribution in [2.45, 2.75) is 13.0 Å². The van der Waals surface area contributed by atoms with Crippen LogP contribution in [-0.4, -0.2) is 64.9 Å². The lowest BCUT2D eigenvalue weighted by Gasteiger charge is -2.30. The van der Waals surface area contributed by atoms with E-state index in [0.717, 1.165) is 0 Å². The Morgan fingerprint density at radius 2 is 2.09 bits per heavy atom. The summed E-state index contributed by atoms with van der Waals surface area (Å²) >= 11 is 6.05. The lowest BCUT2D eigenvalue weighted by molar-refractivity contribution is 0.0922. The SMILES string of the molecule is CC(CO)NC(=O)c1cncnc1Nc1cc(-c2cc(Cl)ccc2F)c(=O)[nH]c1N1CCOCC1. The van der Waals surface area contributed by atoms with E-state index in [9.17, 15) is 19.1 Å². The number of morpholine rings is 1. The van der Waals surface area contributed by atoms with Gasteiger partial charge in [0, 0.05) is 35.9 Å². The van der Waals surface area contributed by atoms with Crippen molar-refractivity contribution < 1.29 is 19.0 Å². The maximum absolute atomic E-state index is 14.6. The summed E-state index contributed by atoms with van der Waals surface area (Å²) in [6, 6.07) is 4.98. The molecule has 12 heteroatoms. The fourth-order valence-electron chi connectivity index (χ4n) is 3.63. The summed E-state index contributed by atoms with van der Waals surface area (Å²) in [4.78, 5) is 38.6. The van der Waals surface area contributed by atoms with Gasteiger partial charge in [-0.15, -0.1) is 0 Å². The van der Waals surface area contributed by atoms with E-state index in [1.807, 2.05) is 4.90 Å². The number of aromatic amines is 1. The Morgan fingerprint density at radius 3 is 2.83 bits per heavy atom. The Hall–Kier alpha value is -3.54. The third kappa shape index (κ3) is 5.59. The third-order valence-electron chi connectivity index (χ3n) is 5.43. The Kier molecular flexibility index (Phi) is 7.59. The molecule has 2 aromatic heterocycles. The number of benzene rings is 1. The van der Waals surface area contributed by atoms with Gasteiger partial charge in [-0.1, -0.05) is 11.6 Å². The van der Waals surface area contributed by atoms with Gasteiger partial charge in [0.15, 0.2) is 0 Å². The number of aromatic nitrogens is 3. The molecular formula is C23H24ClFN6O4. The number of rotatable bonds is 7. The smallest absolute Gasteiger partial charge is 0.257 e. The monoisotopic (exact) mass is 502 g/mol. The number of carbonyl (C=O) groups excluding carboxylic acids is 1. The van der Waals surface area contributed by atoms with Gasteiger partial charge < -0.3 is 30.4 Å². The summed E-state index contributed by atoms with van der Waals surface area (Å²) in [5, 5.41) is 15.3. The van der Waals surface area contributed by atoms with E-state index >= 15 is 0 Å². The van der Waals surface area contributed by atoms with Gasteiger partial charge in [-0.3, -0.25) is 9.59 Å². The van der Waals surface area contributed by atoms with Gasteiger partial charge in [-0.25, -0.2) is 14.4 Å². The number of H-pyrrole nitrogens is 1. The Bertz CT molecular complexity index is 1280. The van der Waals surface area contributed by atoms with Crippen molar-refractivity contribution in [1.29, 1.82) is 0 Å². The summed E-state index contributed by atoms with van der Waals surface area (Å²) < 4.78 is 20.0. The lowest BCUT2D eigenvalue weighted by Crippen LogP contribution is -2.38. The standard InChI is InChI=1S/C23H24ClFN6O4/c1-13(11-32)28-23(34)17-10-26-12-27-20(17)29-19-9-16(15-8-14(24)2-3-18(15)25)22(33)30-21(19)31-4-6-35-7-5-31/h2-3,8-10,12-13,32H,4-7,11H2,1H3,(H,28,34)(H,30,33)(H,26,27,29). The minimum atomic E-state index is -0.606. The predicted molar refractivity (Wildman–Crippen MR) is 130 cm³/mol. The molecule has 0 saturated carbocycles. The molecule has 1 saturated heterocycles. The molecule has 1 aromatic carbocycles. The van der Waals surface area contributed by atoms with Crippen LogP contribution < -0.4 is 21.1 Å². The molecule has 3 aromatic rings. The summed E-state index contributed by atoms with van der Waals surface area (Å²) in [5.74, 6) is -0.488. The maximum Gasteiger partial charge on any atom is 0.257 e. The predicted octanol–water partition coefficient (Wildman–Crippen LogP) is 2.32. The number of hydrogen-bond acceptors (Lipinski definition) is 8. The zero-order chi connectivity index (χ0) is 24.9. The van der Waals surface area contributed by atoms with Crippen molar-refractivity contribution in [1.82, 2.24) is 20.3 Å². The van der Waals surface area contributed by atoms with E-state index < -0.39 is 23.3 Å². The molecule has 3 heterocycles. The van der Waals surface area contributed by atoms with Crippen molar-refractivity contribution in [2.24, 2.45) is 0 Å². The molecule has 184 valence electrons. The summed E-state index contributed by atoms with van der Waals surface area (Å²) in [6.45, 7) is 3.37. The molecule has 0 bridgehead atoms. The molecule has 4 rings (SSSR count). The Morgan fingerprint density at radius 1 is 1.31 bits per heavy atom. The molecule has 1 atom stereocenters. The molecule has 0 aliphatic carbocycles.